The number of tetrazole rings is 1. The van der Waals surface area contributed by atoms with Gasteiger partial charge in [0, 0.05) is 31.7 Å². The molecule has 0 unspecified atom stereocenters. The summed E-state index contributed by atoms with van der Waals surface area (Å²) in [5.41, 5.74) is 0. The van der Waals surface area contributed by atoms with Gasteiger partial charge in [-0.3, -0.25) is 9.48 Å². The molecule has 0 spiro atoms. The summed E-state index contributed by atoms with van der Waals surface area (Å²) in [6.45, 7) is 2.53. The highest BCUT2D eigenvalue weighted by atomic mass is 32.2. The molecule has 0 aromatic carbocycles. The molecular weight excluding hydrogens is 278 g/mol. The third-order valence-corrected chi connectivity index (χ3v) is 3.76. The number of carbonyl (C=O) groups excluding carboxylic acids is 1. The number of nitrogens with zero attached hydrogens (tertiary/aromatic N) is 6. The van der Waals surface area contributed by atoms with Crippen LogP contribution in [0.15, 0.2) is 23.6 Å². The summed E-state index contributed by atoms with van der Waals surface area (Å²) in [5.74, 6) is 0.697. The highest BCUT2D eigenvalue weighted by Crippen LogP contribution is 2.12. The molecule has 9 heteroatoms. The smallest absolute Gasteiger partial charge is 0.244 e. The summed E-state index contributed by atoms with van der Waals surface area (Å²) in [7, 11) is 1.78. The maximum Gasteiger partial charge on any atom is 0.244 e. The van der Waals surface area contributed by atoms with Gasteiger partial charge in [0.2, 0.25) is 11.1 Å². The minimum Gasteiger partial charge on any atom is -0.353 e. The molecule has 1 atom stereocenters. The van der Waals surface area contributed by atoms with Crippen LogP contribution in [0.3, 0.4) is 0 Å². The zero-order valence-corrected chi connectivity index (χ0v) is 12.2. The monoisotopic (exact) mass is 295 g/mol. The largest absolute Gasteiger partial charge is 0.353 e. The second-order valence-electron chi connectivity index (χ2n) is 4.13. The first-order chi connectivity index (χ1) is 9.72. The molecule has 2 heterocycles. The zero-order valence-electron chi connectivity index (χ0n) is 11.4. The first kappa shape index (κ1) is 14.5. The van der Waals surface area contributed by atoms with E-state index in [0.717, 1.165) is 10.9 Å². The van der Waals surface area contributed by atoms with Crippen molar-refractivity contribution < 1.29 is 4.79 Å². The number of thioether (sulfide) groups is 1. The summed E-state index contributed by atoms with van der Waals surface area (Å²) >= 11 is 1.50. The van der Waals surface area contributed by atoms with Crippen LogP contribution in [0.4, 0.5) is 0 Å². The van der Waals surface area contributed by atoms with Crippen LogP contribution in [0.2, 0.25) is 0 Å². The lowest BCUT2D eigenvalue weighted by Gasteiger charge is -2.15. The number of aromatic nitrogens is 6. The predicted molar refractivity (Wildman–Crippen MR) is 74.1 cm³/mol. The van der Waals surface area contributed by atoms with Crippen LogP contribution in [0.5, 0.6) is 0 Å². The molecule has 0 fully saturated rings. The van der Waals surface area contributed by atoms with E-state index in [9.17, 15) is 4.79 Å². The number of nitrogens with one attached hydrogen (secondary N) is 1. The molecule has 108 valence electrons. The lowest BCUT2D eigenvalue weighted by Crippen LogP contribution is -2.34. The Balaban J connectivity index is 1.76. The molecule has 2 aromatic heterocycles. The SMILES string of the molecule is CC[C@H](C(=O)NCCSc1nnnn1C)n1cccn1. The predicted octanol–water partition coefficient (Wildman–Crippen LogP) is 0.266. The first-order valence-electron chi connectivity index (χ1n) is 6.34. The van der Waals surface area contributed by atoms with Crippen molar-refractivity contribution in [1.82, 2.24) is 35.3 Å². The van der Waals surface area contributed by atoms with Gasteiger partial charge in [0.1, 0.15) is 6.04 Å². The Morgan fingerprint density at radius 1 is 1.55 bits per heavy atom. The lowest BCUT2D eigenvalue weighted by molar-refractivity contribution is -0.124. The number of rotatable bonds is 7. The van der Waals surface area contributed by atoms with E-state index in [-0.39, 0.29) is 11.9 Å². The third-order valence-electron chi connectivity index (χ3n) is 2.75. The minimum absolute atomic E-state index is 0.0205. The zero-order chi connectivity index (χ0) is 14.4. The summed E-state index contributed by atoms with van der Waals surface area (Å²) in [4.78, 5) is 12.1. The van der Waals surface area contributed by atoms with Crippen molar-refractivity contribution in [1.29, 1.82) is 0 Å². The van der Waals surface area contributed by atoms with E-state index in [4.69, 9.17) is 0 Å². The van der Waals surface area contributed by atoms with Gasteiger partial charge in [-0.2, -0.15) is 5.10 Å². The van der Waals surface area contributed by atoms with Crippen LogP contribution in [-0.2, 0) is 11.8 Å². The maximum absolute atomic E-state index is 12.1. The average molecular weight is 295 g/mol. The van der Waals surface area contributed by atoms with Crippen molar-refractivity contribution in [3.05, 3.63) is 18.5 Å². The molecule has 0 aliphatic carbocycles. The van der Waals surface area contributed by atoms with Gasteiger partial charge >= 0.3 is 0 Å². The van der Waals surface area contributed by atoms with E-state index in [2.05, 4.69) is 25.9 Å². The fourth-order valence-electron chi connectivity index (χ4n) is 1.74. The van der Waals surface area contributed by atoms with E-state index >= 15 is 0 Å². The Labute approximate surface area is 120 Å². The first-order valence-corrected chi connectivity index (χ1v) is 7.33. The number of carbonyl (C=O) groups is 1. The Morgan fingerprint density at radius 3 is 3.00 bits per heavy atom. The molecule has 0 aliphatic rings. The van der Waals surface area contributed by atoms with E-state index < -0.39 is 0 Å². The van der Waals surface area contributed by atoms with Crippen LogP contribution in [-0.4, -0.2) is 48.2 Å². The Bertz CT molecular complexity index is 539. The molecule has 1 amide bonds. The quantitative estimate of drug-likeness (QED) is 0.582. The van der Waals surface area contributed by atoms with Gasteiger partial charge in [-0.1, -0.05) is 18.7 Å². The second kappa shape index (κ2) is 7.04. The fourth-order valence-corrected chi connectivity index (χ4v) is 2.44. The van der Waals surface area contributed by atoms with Gasteiger partial charge in [-0.05, 0) is 22.9 Å². The Kier molecular flexibility index (Phi) is 5.10. The summed E-state index contributed by atoms with van der Waals surface area (Å²) in [6.07, 6.45) is 4.18. The van der Waals surface area contributed by atoms with Crippen LogP contribution in [0, 0.1) is 0 Å². The van der Waals surface area contributed by atoms with Crippen molar-refractivity contribution in [3.8, 4) is 0 Å². The number of hydrogen-bond donors (Lipinski definition) is 1. The van der Waals surface area contributed by atoms with E-state index in [1.54, 1.807) is 28.8 Å². The van der Waals surface area contributed by atoms with Crippen molar-refractivity contribution in [2.75, 3.05) is 12.3 Å². The second-order valence-corrected chi connectivity index (χ2v) is 5.20. The van der Waals surface area contributed by atoms with Gasteiger partial charge in [0.15, 0.2) is 0 Å². The third kappa shape index (κ3) is 3.56. The molecule has 0 saturated carbocycles. The number of hydrogen-bond acceptors (Lipinski definition) is 6. The summed E-state index contributed by atoms with van der Waals surface area (Å²) in [6, 6.07) is 1.55. The van der Waals surface area contributed by atoms with E-state index in [0.29, 0.717) is 13.0 Å². The molecule has 8 nitrogen and oxygen atoms in total. The van der Waals surface area contributed by atoms with Crippen molar-refractivity contribution in [2.24, 2.45) is 7.05 Å². The average Bonchev–Trinajstić information content (AvgIpc) is 3.08. The molecule has 1 N–H and O–H groups in total. The van der Waals surface area contributed by atoms with Crippen LogP contribution in [0.25, 0.3) is 0 Å². The molecule has 0 bridgehead atoms. The molecule has 2 rings (SSSR count). The molecule has 20 heavy (non-hydrogen) atoms. The highest BCUT2D eigenvalue weighted by molar-refractivity contribution is 7.99. The lowest BCUT2D eigenvalue weighted by atomic mass is 10.2. The van der Waals surface area contributed by atoms with Crippen LogP contribution >= 0.6 is 11.8 Å². The van der Waals surface area contributed by atoms with Crippen molar-refractivity contribution in [3.63, 3.8) is 0 Å². The molecule has 0 saturated heterocycles. The molecule has 2 aromatic rings. The van der Waals surface area contributed by atoms with Gasteiger partial charge < -0.3 is 5.32 Å². The van der Waals surface area contributed by atoms with E-state index in [1.807, 2.05) is 13.0 Å². The van der Waals surface area contributed by atoms with E-state index in [1.165, 1.54) is 11.8 Å². The summed E-state index contributed by atoms with van der Waals surface area (Å²) in [5, 5.41) is 18.9. The van der Waals surface area contributed by atoms with Gasteiger partial charge in [0.05, 0.1) is 0 Å². The Hall–Kier alpha value is -1.90. The minimum atomic E-state index is -0.258. The van der Waals surface area contributed by atoms with Gasteiger partial charge in [-0.15, -0.1) is 5.10 Å². The highest BCUT2D eigenvalue weighted by Gasteiger charge is 2.17. The van der Waals surface area contributed by atoms with Crippen LogP contribution < -0.4 is 5.32 Å². The van der Waals surface area contributed by atoms with Crippen LogP contribution in [0.1, 0.15) is 19.4 Å². The Morgan fingerprint density at radius 2 is 2.40 bits per heavy atom. The molecule has 0 radical (unpaired) electrons. The number of amides is 1. The topological polar surface area (TPSA) is 90.5 Å². The normalized spacial score (nSPS) is 12.3. The standard InChI is InChI=1S/C11H17N7OS/c1-3-9(18-7-4-5-13-18)10(19)12-6-8-20-11-14-15-16-17(11)2/h4-5,7,9H,3,6,8H2,1-2H3,(H,12,19)/t9-/m1/s1. The maximum atomic E-state index is 12.1. The summed E-state index contributed by atoms with van der Waals surface area (Å²) < 4.78 is 3.28. The van der Waals surface area contributed by atoms with Gasteiger partial charge in [0.25, 0.3) is 0 Å². The number of aryl methyl sites for hydroxylation is 1. The van der Waals surface area contributed by atoms with Gasteiger partial charge in [-0.25, -0.2) is 4.68 Å². The van der Waals surface area contributed by atoms with Crippen molar-refractivity contribution >= 4 is 17.7 Å². The van der Waals surface area contributed by atoms with Crippen molar-refractivity contribution in [2.45, 2.75) is 24.5 Å². The fraction of sp³-hybridized carbons (Fsp3) is 0.545. The molecule has 0 aliphatic heterocycles. The molecular formula is C11H17N7OS.